The van der Waals surface area contributed by atoms with Crippen LogP contribution in [0.4, 0.5) is 8.78 Å². The summed E-state index contributed by atoms with van der Waals surface area (Å²) < 4.78 is 38.4. The molecule has 0 spiro atoms. The Hall–Kier alpha value is -3.36. The highest BCUT2D eigenvalue weighted by molar-refractivity contribution is 5.96. The number of rotatable bonds is 9. The lowest BCUT2D eigenvalue weighted by Gasteiger charge is -2.19. The Morgan fingerprint density at radius 3 is 2.53 bits per heavy atom. The predicted molar refractivity (Wildman–Crippen MR) is 113 cm³/mol. The van der Waals surface area contributed by atoms with Crippen LogP contribution >= 0.6 is 0 Å². The van der Waals surface area contributed by atoms with Crippen molar-refractivity contribution in [3.05, 3.63) is 59.3 Å². The minimum absolute atomic E-state index is 0.0416. The number of hydrogen-bond acceptors (Lipinski definition) is 6. The van der Waals surface area contributed by atoms with Gasteiger partial charge in [-0.05, 0) is 39.8 Å². The Morgan fingerprint density at radius 2 is 1.88 bits per heavy atom. The zero-order chi connectivity index (χ0) is 23.5. The largest absolute Gasteiger partial charge is 0.493 e. The summed E-state index contributed by atoms with van der Waals surface area (Å²) in [7, 11) is 0. The Bertz CT molecular complexity index is 1140. The van der Waals surface area contributed by atoms with Crippen molar-refractivity contribution in [3.63, 3.8) is 0 Å². The average molecular weight is 445 g/mol. The molecular weight excluding hydrogens is 420 g/mol. The number of fused-ring (bicyclic) bond motifs is 1. The lowest BCUT2D eigenvalue weighted by Crippen LogP contribution is -2.31. The molecule has 0 N–H and O–H groups in total. The summed E-state index contributed by atoms with van der Waals surface area (Å²) in [5.41, 5.74) is 0.134. The van der Waals surface area contributed by atoms with E-state index in [1.54, 1.807) is 43.6 Å². The van der Waals surface area contributed by atoms with E-state index in [2.05, 4.69) is 9.97 Å². The summed E-state index contributed by atoms with van der Waals surface area (Å²) in [6.07, 6.45) is 0.531. The fourth-order valence-corrected chi connectivity index (χ4v) is 3.19. The van der Waals surface area contributed by atoms with Crippen LogP contribution in [-0.4, -0.2) is 39.3 Å². The maximum absolute atomic E-state index is 12.9. The van der Waals surface area contributed by atoms with Crippen molar-refractivity contribution in [1.82, 2.24) is 14.4 Å². The van der Waals surface area contributed by atoms with Crippen molar-refractivity contribution in [2.75, 3.05) is 13.2 Å². The molecule has 170 valence electrons. The number of pyridine rings is 2. The quantitative estimate of drug-likeness (QED) is 0.360. The van der Waals surface area contributed by atoms with Crippen molar-refractivity contribution in [2.45, 2.75) is 46.0 Å². The Morgan fingerprint density at radius 1 is 1.12 bits per heavy atom. The second kappa shape index (κ2) is 9.42. The van der Waals surface area contributed by atoms with Crippen molar-refractivity contribution in [3.8, 4) is 5.75 Å². The van der Waals surface area contributed by atoms with E-state index >= 15 is 0 Å². The summed E-state index contributed by atoms with van der Waals surface area (Å²) in [5, 5.41) is 0. The first-order valence-electron chi connectivity index (χ1n) is 10.3. The Kier molecular flexibility index (Phi) is 6.86. The molecule has 3 aromatic heterocycles. The fraction of sp³-hybridized carbons (Fsp3) is 0.391. The second-order valence-corrected chi connectivity index (χ2v) is 7.68. The molecule has 0 aliphatic carbocycles. The van der Waals surface area contributed by atoms with Gasteiger partial charge in [0.15, 0.2) is 5.78 Å². The van der Waals surface area contributed by atoms with E-state index in [-0.39, 0.29) is 18.7 Å². The molecule has 0 saturated heterocycles. The Labute approximate surface area is 184 Å². The van der Waals surface area contributed by atoms with E-state index in [4.69, 9.17) is 9.47 Å². The van der Waals surface area contributed by atoms with Gasteiger partial charge in [-0.1, -0.05) is 6.07 Å². The number of nitrogens with zero attached hydrogens (tertiary/aromatic N) is 3. The number of imidazole rings is 1. The molecule has 3 rings (SSSR count). The summed E-state index contributed by atoms with van der Waals surface area (Å²) in [6.45, 7) is 7.62. The van der Waals surface area contributed by atoms with Crippen LogP contribution in [0, 0.1) is 0 Å². The van der Waals surface area contributed by atoms with E-state index in [1.807, 2.05) is 6.92 Å². The molecular formula is C23H25F2N3O4. The number of ketones is 1. The van der Waals surface area contributed by atoms with Gasteiger partial charge in [0.1, 0.15) is 28.2 Å². The monoisotopic (exact) mass is 445 g/mol. The molecule has 0 unspecified atom stereocenters. The highest BCUT2D eigenvalue weighted by Gasteiger charge is 2.34. The standard InChI is InChI=1S/C23H25F2N3O4/c1-5-31-18-11-20-27-19(23(3,4)22(30)32-6-2)13-28(20)12-14(18)10-17(29)15-8-7-9-16(26-15)21(24)25/h7-9,11-13,21H,5-6,10H2,1-4H3. The smallest absolute Gasteiger partial charge is 0.317 e. The van der Waals surface area contributed by atoms with E-state index in [9.17, 15) is 18.4 Å². The van der Waals surface area contributed by atoms with Gasteiger partial charge in [0.25, 0.3) is 6.43 Å². The molecule has 0 aliphatic rings. The molecule has 0 fully saturated rings. The van der Waals surface area contributed by atoms with Crippen LogP contribution in [0.3, 0.4) is 0 Å². The number of hydrogen-bond donors (Lipinski definition) is 0. The highest BCUT2D eigenvalue weighted by Crippen LogP contribution is 2.28. The molecule has 0 atom stereocenters. The minimum atomic E-state index is -2.76. The zero-order valence-corrected chi connectivity index (χ0v) is 18.4. The van der Waals surface area contributed by atoms with Crippen molar-refractivity contribution < 1.29 is 27.8 Å². The number of aromatic nitrogens is 3. The van der Waals surface area contributed by atoms with Crippen LogP contribution in [0.25, 0.3) is 5.65 Å². The number of ether oxygens (including phenoxy) is 2. The number of carbonyl (C=O) groups is 2. The average Bonchev–Trinajstić information content (AvgIpc) is 3.18. The van der Waals surface area contributed by atoms with Crippen LogP contribution in [-0.2, 0) is 21.4 Å². The minimum Gasteiger partial charge on any atom is -0.493 e. The van der Waals surface area contributed by atoms with E-state index in [1.165, 1.54) is 18.2 Å². The fourth-order valence-electron chi connectivity index (χ4n) is 3.19. The van der Waals surface area contributed by atoms with Gasteiger partial charge in [-0.2, -0.15) is 0 Å². The third-order valence-electron chi connectivity index (χ3n) is 4.99. The van der Waals surface area contributed by atoms with Crippen molar-refractivity contribution in [2.24, 2.45) is 0 Å². The summed E-state index contributed by atoms with van der Waals surface area (Å²) >= 11 is 0. The predicted octanol–water partition coefficient (Wildman–Crippen LogP) is 4.33. The zero-order valence-electron chi connectivity index (χ0n) is 18.4. The van der Waals surface area contributed by atoms with Gasteiger partial charge in [0, 0.05) is 30.4 Å². The molecule has 32 heavy (non-hydrogen) atoms. The summed E-state index contributed by atoms with van der Waals surface area (Å²) in [6, 6.07) is 5.65. The van der Waals surface area contributed by atoms with Gasteiger partial charge in [0.05, 0.1) is 18.9 Å². The van der Waals surface area contributed by atoms with Gasteiger partial charge >= 0.3 is 5.97 Å². The van der Waals surface area contributed by atoms with Crippen LogP contribution in [0.2, 0.25) is 0 Å². The summed E-state index contributed by atoms with van der Waals surface area (Å²) in [5.74, 6) is -0.363. The summed E-state index contributed by atoms with van der Waals surface area (Å²) in [4.78, 5) is 33.4. The molecule has 0 aromatic carbocycles. The normalized spacial score (nSPS) is 11.7. The molecule has 0 bridgehead atoms. The lowest BCUT2D eigenvalue weighted by molar-refractivity contribution is -0.148. The molecule has 0 amide bonds. The first-order chi connectivity index (χ1) is 15.2. The van der Waals surface area contributed by atoms with Crippen LogP contribution < -0.4 is 4.74 Å². The molecule has 7 nitrogen and oxygen atoms in total. The van der Waals surface area contributed by atoms with E-state index in [0.717, 1.165) is 0 Å². The van der Waals surface area contributed by atoms with Crippen molar-refractivity contribution in [1.29, 1.82) is 0 Å². The van der Waals surface area contributed by atoms with Gasteiger partial charge in [-0.15, -0.1) is 0 Å². The van der Waals surface area contributed by atoms with Crippen molar-refractivity contribution >= 4 is 17.4 Å². The first kappa shape index (κ1) is 23.3. The first-order valence-corrected chi connectivity index (χ1v) is 10.3. The number of halogens is 2. The topological polar surface area (TPSA) is 82.8 Å². The van der Waals surface area contributed by atoms with Gasteiger partial charge in [0.2, 0.25) is 0 Å². The number of Topliss-reactive ketones (excluding diaryl/α,β-unsaturated/α-hetero) is 1. The van der Waals surface area contributed by atoms with Crippen LogP contribution in [0.1, 0.15) is 61.6 Å². The van der Waals surface area contributed by atoms with Crippen LogP contribution in [0.15, 0.2) is 36.7 Å². The molecule has 0 saturated carbocycles. The number of carbonyl (C=O) groups excluding carboxylic acids is 2. The van der Waals surface area contributed by atoms with Gasteiger partial charge in [-0.3, -0.25) is 9.59 Å². The molecule has 3 aromatic rings. The number of esters is 1. The SMILES string of the molecule is CCOC(=O)C(C)(C)c1cn2cc(CC(=O)c3cccc(C(F)F)n3)c(OCC)cc2n1. The van der Waals surface area contributed by atoms with Gasteiger partial charge < -0.3 is 13.9 Å². The maximum atomic E-state index is 12.9. The van der Waals surface area contributed by atoms with E-state index < -0.39 is 29.3 Å². The Balaban J connectivity index is 1.97. The third-order valence-corrected chi connectivity index (χ3v) is 4.99. The maximum Gasteiger partial charge on any atom is 0.317 e. The molecule has 0 aliphatic heterocycles. The molecule has 9 heteroatoms. The molecule has 0 radical (unpaired) electrons. The lowest BCUT2D eigenvalue weighted by atomic mass is 9.90. The van der Waals surface area contributed by atoms with Crippen LogP contribution in [0.5, 0.6) is 5.75 Å². The second-order valence-electron chi connectivity index (χ2n) is 7.68. The molecule has 3 heterocycles. The highest BCUT2D eigenvalue weighted by atomic mass is 19.3. The third kappa shape index (κ3) is 4.76. The van der Waals surface area contributed by atoms with E-state index in [0.29, 0.717) is 29.3 Å². The number of alkyl halides is 2. The van der Waals surface area contributed by atoms with Gasteiger partial charge in [-0.25, -0.2) is 18.7 Å².